The molecule has 0 unspecified atom stereocenters. The zero-order valence-electron chi connectivity index (χ0n) is 21.9. The zero-order valence-corrected chi connectivity index (χ0v) is 21.9. The molecule has 200 valence electrons. The third-order valence-corrected chi connectivity index (χ3v) is 4.81. The van der Waals surface area contributed by atoms with Gasteiger partial charge in [0.1, 0.15) is 18.7 Å². The van der Waals surface area contributed by atoms with E-state index in [9.17, 15) is 19.5 Å². The lowest BCUT2D eigenvalue weighted by atomic mass is 10.2. The molecule has 0 fully saturated rings. The average Bonchev–Trinajstić information content (AvgIpc) is 3.10. The van der Waals surface area contributed by atoms with Gasteiger partial charge in [-0.3, -0.25) is 9.59 Å². The lowest BCUT2D eigenvalue weighted by molar-refractivity contribution is -0.870. The summed E-state index contributed by atoms with van der Waals surface area (Å²) in [4.78, 5) is 50.0. The number of nitrogens with zero attached hydrogens (tertiary/aromatic N) is 6. The first kappa shape index (κ1) is 28.6. The summed E-state index contributed by atoms with van der Waals surface area (Å²) in [5.74, 6) is -1.18. The van der Waals surface area contributed by atoms with Gasteiger partial charge in [0, 0.05) is 26.1 Å². The van der Waals surface area contributed by atoms with Gasteiger partial charge in [-0.05, 0) is 20.8 Å². The van der Waals surface area contributed by atoms with Crippen LogP contribution in [0.15, 0.2) is 6.33 Å². The molecule has 5 N–H and O–H groups in total. The van der Waals surface area contributed by atoms with E-state index in [0.717, 1.165) is 22.3 Å². The molecule has 0 radical (unpaired) electrons. The van der Waals surface area contributed by atoms with Crippen LogP contribution in [-0.4, -0.2) is 111 Å². The highest BCUT2D eigenvalue weighted by Gasteiger charge is 2.21. The summed E-state index contributed by atoms with van der Waals surface area (Å²) in [5.41, 5.74) is 6.03. The van der Waals surface area contributed by atoms with Crippen molar-refractivity contribution in [3.8, 4) is 0 Å². The van der Waals surface area contributed by atoms with Crippen molar-refractivity contribution in [3.63, 3.8) is 0 Å². The molecule has 0 aliphatic rings. The number of nitrogens with two attached hydrogens (primary N) is 1. The number of quaternary nitrogens is 1. The first-order valence-electron chi connectivity index (χ1n) is 11.6. The normalized spacial score (nSPS) is 11.8. The number of ether oxygens (including phenoxy) is 1. The highest BCUT2D eigenvalue weighted by atomic mass is 16.6. The summed E-state index contributed by atoms with van der Waals surface area (Å²) in [7, 11) is 6.34. The van der Waals surface area contributed by atoms with E-state index >= 15 is 0 Å². The number of nitrogen functional groups attached to an aromatic ring is 1. The van der Waals surface area contributed by atoms with Crippen LogP contribution in [0.4, 0.5) is 16.6 Å². The molecule has 14 nitrogen and oxygen atoms in total. The minimum Gasteiger partial charge on any atom is -0.480 e. The van der Waals surface area contributed by atoms with Crippen LogP contribution in [-0.2, 0) is 20.9 Å². The SMILES string of the molecule is CC(C)(C)OC(=O)NCCN(CC(=O)O)C(=O)Cn1cnc2c(NCCC[N+](C)(C)C)nc(N)nc21. The third-order valence-electron chi connectivity index (χ3n) is 4.81. The van der Waals surface area contributed by atoms with E-state index in [1.165, 1.54) is 10.9 Å². The summed E-state index contributed by atoms with van der Waals surface area (Å²) in [6.45, 7) is 6.06. The van der Waals surface area contributed by atoms with Crippen LogP contribution in [0.3, 0.4) is 0 Å². The van der Waals surface area contributed by atoms with Crippen molar-refractivity contribution >= 4 is 40.9 Å². The summed E-state index contributed by atoms with van der Waals surface area (Å²) in [6.07, 6.45) is 1.68. The molecule has 2 rings (SSSR count). The number of aromatic nitrogens is 4. The lowest BCUT2D eigenvalue weighted by Crippen LogP contribution is -2.43. The quantitative estimate of drug-likeness (QED) is 0.231. The maximum absolute atomic E-state index is 12.9. The first-order valence-corrected chi connectivity index (χ1v) is 11.6. The Balaban J connectivity index is 2.08. The van der Waals surface area contributed by atoms with E-state index in [0.29, 0.717) is 23.5 Å². The highest BCUT2D eigenvalue weighted by Crippen LogP contribution is 2.20. The Bertz CT molecular complexity index is 1070. The molecule has 0 atom stereocenters. The molecule has 0 aliphatic carbocycles. The van der Waals surface area contributed by atoms with E-state index in [1.807, 2.05) is 0 Å². The van der Waals surface area contributed by atoms with Gasteiger partial charge in [0.05, 0.1) is 34.0 Å². The number of carboxylic acids is 1. The van der Waals surface area contributed by atoms with Crippen LogP contribution in [0.2, 0.25) is 0 Å². The van der Waals surface area contributed by atoms with Crippen LogP contribution in [0.5, 0.6) is 0 Å². The minimum absolute atomic E-state index is 0.0206. The van der Waals surface area contributed by atoms with Crippen LogP contribution in [0, 0.1) is 0 Å². The molecular weight excluding hydrogens is 470 g/mol. The maximum Gasteiger partial charge on any atom is 0.407 e. The van der Waals surface area contributed by atoms with E-state index in [1.54, 1.807) is 20.8 Å². The molecule has 0 bridgehead atoms. The standard InChI is InChI=1S/C22H37N9O5/c1-22(2,3)36-21(35)25-9-10-29(13-16(33)34)15(32)12-30-14-26-17-18(27-20(23)28-19(17)30)24-8-7-11-31(4,5)6/h14H,7-13H2,1-6H3,(H4-,23,24,25,27,28,33,34,35)/p+1. The number of aliphatic carboxylic acids is 1. The van der Waals surface area contributed by atoms with Crippen LogP contribution in [0.1, 0.15) is 27.2 Å². The molecule has 2 amide bonds. The van der Waals surface area contributed by atoms with Gasteiger partial charge >= 0.3 is 12.1 Å². The molecule has 0 aliphatic heterocycles. The number of alkyl carbamates (subject to hydrolysis) is 1. The van der Waals surface area contributed by atoms with Crippen LogP contribution < -0.4 is 16.4 Å². The number of nitrogens with one attached hydrogen (secondary N) is 2. The number of anilines is 2. The predicted octanol–water partition coefficient (Wildman–Crippen LogP) is 0.355. The number of hydrogen-bond acceptors (Lipinski definition) is 9. The summed E-state index contributed by atoms with van der Waals surface area (Å²) in [6, 6.07) is 0. The first-order chi connectivity index (χ1) is 16.6. The van der Waals surface area contributed by atoms with Gasteiger partial charge in [-0.25, -0.2) is 9.78 Å². The van der Waals surface area contributed by atoms with Gasteiger partial charge in [0.2, 0.25) is 11.9 Å². The van der Waals surface area contributed by atoms with Crippen molar-refractivity contribution in [3.05, 3.63) is 6.33 Å². The Kier molecular flexibility index (Phi) is 9.39. The number of carbonyl (C=O) groups is 3. The molecule has 14 heteroatoms. The van der Waals surface area contributed by atoms with Gasteiger partial charge in [-0.2, -0.15) is 9.97 Å². The Labute approximate surface area is 210 Å². The minimum atomic E-state index is -1.18. The lowest BCUT2D eigenvalue weighted by Gasteiger charge is -2.23. The molecule has 2 aromatic heterocycles. The Morgan fingerprint density at radius 2 is 1.89 bits per heavy atom. The van der Waals surface area contributed by atoms with Gasteiger partial charge in [-0.1, -0.05) is 0 Å². The molecule has 36 heavy (non-hydrogen) atoms. The topological polar surface area (TPSA) is 178 Å². The van der Waals surface area contributed by atoms with Crippen molar-refractivity contribution in [2.24, 2.45) is 0 Å². The summed E-state index contributed by atoms with van der Waals surface area (Å²) >= 11 is 0. The van der Waals surface area contributed by atoms with E-state index in [-0.39, 0.29) is 25.6 Å². The largest absolute Gasteiger partial charge is 0.480 e. The highest BCUT2D eigenvalue weighted by molar-refractivity contribution is 5.86. The molecule has 0 spiro atoms. The van der Waals surface area contributed by atoms with Crippen LogP contribution in [0.25, 0.3) is 11.2 Å². The fourth-order valence-electron chi connectivity index (χ4n) is 3.27. The van der Waals surface area contributed by atoms with E-state index in [2.05, 4.69) is 46.7 Å². The molecule has 2 heterocycles. The molecule has 2 aromatic rings. The number of fused-ring (bicyclic) bond motifs is 1. The van der Waals surface area contributed by atoms with E-state index in [4.69, 9.17) is 10.5 Å². The van der Waals surface area contributed by atoms with Crippen molar-refractivity contribution in [2.45, 2.75) is 39.3 Å². The fraction of sp³-hybridized carbons (Fsp3) is 0.636. The maximum atomic E-state index is 12.9. The van der Waals surface area contributed by atoms with Crippen molar-refractivity contribution in [1.82, 2.24) is 29.7 Å². The smallest absolute Gasteiger partial charge is 0.407 e. The average molecular weight is 509 g/mol. The van der Waals surface area contributed by atoms with Gasteiger partial charge < -0.3 is 40.2 Å². The summed E-state index contributed by atoms with van der Waals surface area (Å²) in [5, 5.41) is 15.0. The monoisotopic (exact) mass is 508 g/mol. The number of carboxylic acid groups (broad SMARTS) is 1. The second-order valence-electron chi connectivity index (χ2n) is 10.4. The number of imidazole rings is 1. The Hall–Kier alpha value is -3.68. The zero-order chi connectivity index (χ0) is 27.1. The Morgan fingerprint density at radius 1 is 1.19 bits per heavy atom. The fourth-order valence-corrected chi connectivity index (χ4v) is 3.27. The van der Waals surface area contributed by atoms with Gasteiger partial charge in [0.15, 0.2) is 17.0 Å². The van der Waals surface area contributed by atoms with Crippen LogP contribution >= 0.6 is 0 Å². The number of carbonyl (C=O) groups excluding carboxylic acids is 2. The summed E-state index contributed by atoms with van der Waals surface area (Å²) < 4.78 is 7.48. The van der Waals surface area contributed by atoms with E-state index < -0.39 is 30.1 Å². The van der Waals surface area contributed by atoms with Gasteiger partial charge in [0.25, 0.3) is 0 Å². The Morgan fingerprint density at radius 3 is 2.50 bits per heavy atom. The second-order valence-corrected chi connectivity index (χ2v) is 10.4. The molecule has 0 saturated carbocycles. The number of rotatable bonds is 12. The predicted molar refractivity (Wildman–Crippen MR) is 134 cm³/mol. The second kappa shape index (κ2) is 11.8. The molecular formula is C22H38N9O5+. The molecule has 0 saturated heterocycles. The van der Waals surface area contributed by atoms with Crippen molar-refractivity contribution < 1.29 is 28.7 Å². The molecule has 0 aromatic carbocycles. The van der Waals surface area contributed by atoms with Gasteiger partial charge in [-0.15, -0.1) is 0 Å². The number of hydrogen-bond donors (Lipinski definition) is 4. The number of amides is 2. The third kappa shape index (κ3) is 9.52. The van der Waals surface area contributed by atoms with Crippen molar-refractivity contribution in [2.75, 3.05) is 64.9 Å². The van der Waals surface area contributed by atoms with Crippen molar-refractivity contribution in [1.29, 1.82) is 0 Å².